The van der Waals surface area contributed by atoms with Crippen molar-refractivity contribution in [3.8, 4) is 5.75 Å². The molecule has 2 N–H and O–H groups in total. The molecule has 1 rings (SSSR count). The fraction of sp³-hybridized carbons (Fsp3) is 0.571. The van der Waals surface area contributed by atoms with E-state index in [4.69, 9.17) is 0 Å². The second-order valence-electron chi connectivity index (χ2n) is 4.95. The number of hydrogen-bond acceptors (Lipinski definition) is 3. The fourth-order valence-electron chi connectivity index (χ4n) is 1.91. The van der Waals surface area contributed by atoms with E-state index in [0.717, 1.165) is 44.2 Å². The molecule has 0 amide bonds. The van der Waals surface area contributed by atoms with Crippen molar-refractivity contribution in [2.24, 2.45) is 0 Å². The largest absolute Gasteiger partial charge is 0.503 e. The molecule has 0 fully saturated rings. The van der Waals surface area contributed by atoms with E-state index in [0.29, 0.717) is 6.42 Å². The van der Waals surface area contributed by atoms with Crippen molar-refractivity contribution in [3.63, 3.8) is 0 Å². The van der Waals surface area contributed by atoms with Crippen LogP contribution in [-0.2, 0) is 10.0 Å². The van der Waals surface area contributed by atoms with Crippen molar-refractivity contribution in [2.75, 3.05) is 10.5 Å². The highest BCUT2D eigenvalue weighted by molar-refractivity contribution is 7.92. The van der Waals surface area contributed by atoms with Gasteiger partial charge in [-0.25, -0.2) is 12.8 Å². The minimum Gasteiger partial charge on any atom is -0.503 e. The van der Waals surface area contributed by atoms with Gasteiger partial charge in [-0.3, -0.25) is 4.72 Å². The van der Waals surface area contributed by atoms with Gasteiger partial charge in [0.25, 0.3) is 0 Å². The van der Waals surface area contributed by atoms with Crippen molar-refractivity contribution in [2.45, 2.75) is 45.4 Å². The van der Waals surface area contributed by atoms with Crippen LogP contribution in [0.2, 0.25) is 0 Å². The zero-order valence-corrected chi connectivity index (χ0v) is 12.8. The lowest BCUT2D eigenvalue weighted by Gasteiger charge is -2.10. The number of halogens is 2. The van der Waals surface area contributed by atoms with Gasteiger partial charge in [-0.15, -0.1) is 0 Å². The molecule has 0 spiro atoms. The van der Waals surface area contributed by atoms with E-state index in [1.807, 2.05) is 0 Å². The summed E-state index contributed by atoms with van der Waals surface area (Å²) < 4.78 is 51.6. The van der Waals surface area contributed by atoms with Crippen LogP contribution in [0.4, 0.5) is 14.5 Å². The van der Waals surface area contributed by atoms with Crippen LogP contribution in [0.5, 0.6) is 5.75 Å². The van der Waals surface area contributed by atoms with Gasteiger partial charge in [-0.1, -0.05) is 39.0 Å². The Kier molecular flexibility index (Phi) is 6.87. The maximum absolute atomic E-state index is 13.1. The molecule has 0 aliphatic rings. The Morgan fingerprint density at radius 2 is 1.71 bits per heavy atom. The summed E-state index contributed by atoms with van der Waals surface area (Å²) in [5, 5.41) is 9.37. The molecule has 0 aliphatic carbocycles. The Morgan fingerprint density at radius 1 is 1.10 bits per heavy atom. The van der Waals surface area contributed by atoms with E-state index in [9.17, 15) is 22.3 Å². The molecule has 1 aromatic carbocycles. The lowest BCUT2D eigenvalue weighted by atomic mass is 10.1. The molecular formula is C14H21F2NO3S. The highest BCUT2D eigenvalue weighted by Gasteiger charge is 2.17. The summed E-state index contributed by atoms with van der Waals surface area (Å²) in [5.74, 6) is -3.83. The number of rotatable bonds is 9. The number of sulfonamides is 1. The summed E-state index contributed by atoms with van der Waals surface area (Å²) in [6, 6.07) is 1.75. The van der Waals surface area contributed by atoms with Crippen molar-refractivity contribution >= 4 is 15.7 Å². The summed E-state index contributed by atoms with van der Waals surface area (Å²) in [4.78, 5) is 0. The Hall–Kier alpha value is -1.37. The molecule has 0 saturated carbocycles. The number of aromatic hydroxyl groups is 1. The quantitative estimate of drug-likeness (QED) is 0.537. The molecule has 0 bridgehead atoms. The first-order valence-corrected chi connectivity index (χ1v) is 8.70. The molecular weight excluding hydrogens is 300 g/mol. The van der Waals surface area contributed by atoms with Crippen LogP contribution >= 0.6 is 0 Å². The predicted molar refractivity (Wildman–Crippen MR) is 78.8 cm³/mol. The van der Waals surface area contributed by atoms with Crippen LogP contribution in [0.3, 0.4) is 0 Å². The minimum absolute atomic E-state index is 0.114. The molecule has 4 nitrogen and oxygen atoms in total. The van der Waals surface area contributed by atoms with Gasteiger partial charge in [-0.2, -0.15) is 4.39 Å². The van der Waals surface area contributed by atoms with Gasteiger partial charge in [0, 0.05) is 0 Å². The van der Waals surface area contributed by atoms with Crippen LogP contribution < -0.4 is 4.72 Å². The number of phenolic OH excluding ortho intramolecular Hbond substituents is 1. The van der Waals surface area contributed by atoms with Crippen molar-refractivity contribution < 1.29 is 22.3 Å². The predicted octanol–water partition coefficient (Wildman–Crippen LogP) is 3.77. The third-order valence-corrected chi connectivity index (χ3v) is 4.46. The highest BCUT2D eigenvalue weighted by Crippen LogP contribution is 2.29. The topological polar surface area (TPSA) is 66.4 Å². The van der Waals surface area contributed by atoms with E-state index in [1.54, 1.807) is 0 Å². The van der Waals surface area contributed by atoms with E-state index in [-0.39, 0.29) is 11.4 Å². The molecule has 7 heteroatoms. The highest BCUT2D eigenvalue weighted by atomic mass is 32.2. The summed E-state index contributed by atoms with van der Waals surface area (Å²) in [6.45, 7) is 2.10. The fourth-order valence-corrected chi connectivity index (χ4v) is 3.10. The molecule has 21 heavy (non-hydrogen) atoms. The summed E-state index contributed by atoms with van der Waals surface area (Å²) in [5.41, 5.74) is -0.347. The van der Waals surface area contributed by atoms with Gasteiger partial charge >= 0.3 is 0 Å². The third kappa shape index (κ3) is 5.87. The lowest BCUT2D eigenvalue weighted by molar-refractivity contribution is 0.409. The number of phenols is 1. The zero-order chi connectivity index (χ0) is 15.9. The summed E-state index contributed by atoms with van der Waals surface area (Å²) >= 11 is 0. The molecule has 0 unspecified atom stereocenters. The van der Waals surface area contributed by atoms with Crippen LogP contribution in [0.25, 0.3) is 0 Å². The SMILES string of the molecule is CCCCCCCCS(=O)(=O)Nc1ccc(F)c(F)c1O. The van der Waals surface area contributed by atoms with E-state index in [2.05, 4.69) is 11.6 Å². The molecule has 0 saturated heterocycles. The van der Waals surface area contributed by atoms with E-state index in [1.165, 1.54) is 0 Å². The average Bonchev–Trinajstić information content (AvgIpc) is 2.43. The van der Waals surface area contributed by atoms with Gasteiger partial charge in [0.2, 0.25) is 15.8 Å². The van der Waals surface area contributed by atoms with Crippen molar-refractivity contribution in [1.82, 2.24) is 0 Å². The smallest absolute Gasteiger partial charge is 0.232 e. The molecule has 0 aliphatic heterocycles. The first kappa shape index (κ1) is 17.7. The van der Waals surface area contributed by atoms with Crippen molar-refractivity contribution in [1.29, 1.82) is 0 Å². The maximum atomic E-state index is 13.1. The van der Waals surface area contributed by atoms with E-state index < -0.39 is 27.4 Å². The first-order valence-electron chi connectivity index (χ1n) is 7.05. The van der Waals surface area contributed by atoms with E-state index >= 15 is 0 Å². The summed E-state index contributed by atoms with van der Waals surface area (Å²) in [7, 11) is -3.68. The molecule has 0 atom stereocenters. The molecule has 1 aromatic rings. The van der Waals surface area contributed by atoms with Gasteiger partial charge in [0.15, 0.2) is 11.6 Å². The Balaban J connectivity index is 2.51. The Morgan fingerprint density at radius 3 is 2.38 bits per heavy atom. The number of unbranched alkanes of at least 4 members (excludes halogenated alkanes) is 5. The second-order valence-corrected chi connectivity index (χ2v) is 6.79. The maximum Gasteiger partial charge on any atom is 0.232 e. The van der Waals surface area contributed by atoms with Crippen molar-refractivity contribution in [3.05, 3.63) is 23.8 Å². The number of anilines is 1. The van der Waals surface area contributed by atoms with Gasteiger partial charge in [0.1, 0.15) is 0 Å². The molecule has 0 aromatic heterocycles. The monoisotopic (exact) mass is 321 g/mol. The average molecular weight is 321 g/mol. The molecule has 0 radical (unpaired) electrons. The Labute approximate surface area is 124 Å². The van der Waals surface area contributed by atoms with Gasteiger partial charge in [0.05, 0.1) is 11.4 Å². The second kappa shape index (κ2) is 8.17. The minimum atomic E-state index is -3.68. The summed E-state index contributed by atoms with van der Waals surface area (Å²) in [6.07, 6.45) is 5.59. The normalized spacial score (nSPS) is 11.6. The standard InChI is InChI=1S/C14H21F2NO3S/c1-2-3-4-5-6-7-10-21(19,20)17-12-9-8-11(15)13(16)14(12)18/h8-9,17-18H,2-7,10H2,1H3. The number of benzene rings is 1. The Bertz CT molecular complexity index is 562. The zero-order valence-electron chi connectivity index (χ0n) is 12.0. The van der Waals surface area contributed by atoms with Crippen LogP contribution in [0.15, 0.2) is 12.1 Å². The van der Waals surface area contributed by atoms with Gasteiger partial charge in [-0.05, 0) is 18.6 Å². The van der Waals surface area contributed by atoms with Crippen LogP contribution in [-0.4, -0.2) is 19.3 Å². The number of nitrogens with one attached hydrogen (secondary N) is 1. The molecule has 120 valence electrons. The van der Waals surface area contributed by atoms with Crippen LogP contribution in [0, 0.1) is 11.6 Å². The van der Waals surface area contributed by atoms with Crippen LogP contribution in [0.1, 0.15) is 45.4 Å². The number of hydrogen-bond donors (Lipinski definition) is 2. The van der Waals surface area contributed by atoms with Gasteiger partial charge < -0.3 is 5.11 Å². The third-order valence-electron chi connectivity index (χ3n) is 3.10. The first-order chi connectivity index (χ1) is 9.87. The lowest BCUT2D eigenvalue weighted by Crippen LogP contribution is -2.17. The molecule has 0 heterocycles.